The van der Waals surface area contributed by atoms with Gasteiger partial charge in [0.1, 0.15) is 62.9 Å². The largest absolute Gasteiger partial charge is 0.508 e. The summed E-state index contributed by atoms with van der Waals surface area (Å²) in [5, 5.41) is 67.0. The third-order valence-corrected chi connectivity index (χ3v) is 18.9. The lowest BCUT2D eigenvalue weighted by Crippen LogP contribution is -2.43. The quantitative estimate of drug-likeness (QED) is 0.0747. The number of fused-ring (bicyclic) bond motifs is 3. The minimum absolute atomic E-state index is 0.0668. The average molecular weight is 1210 g/mol. The van der Waals surface area contributed by atoms with E-state index in [9.17, 15) is 35.7 Å². The highest BCUT2D eigenvalue weighted by Crippen LogP contribution is 2.55. The molecule has 0 spiro atoms. The second-order valence-electron chi connectivity index (χ2n) is 28.6. The van der Waals surface area contributed by atoms with E-state index in [-0.39, 0.29) is 72.4 Å². The van der Waals surface area contributed by atoms with Crippen LogP contribution in [0.3, 0.4) is 0 Å². The molecule has 2 aliphatic heterocycles. The molecule has 0 radical (unpaired) electrons. The van der Waals surface area contributed by atoms with Crippen molar-refractivity contribution in [2.24, 2.45) is 0 Å². The molecule has 90 heavy (non-hydrogen) atoms. The highest BCUT2D eigenvalue weighted by atomic mass is 16.5. The van der Waals surface area contributed by atoms with Crippen molar-refractivity contribution in [3.05, 3.63) is 274 Å². The minimum atomic E-state index is -0.298. The highest BCUT2D eigenvalue weighted by Gasteiger charge is 2.47. The average Bonchev–Trinajstić information content (AvgIpc) is 1.27. The smallest absolute Gasteiger partial charge is 0.124 e. The Hall–Kier alpha value is -9.08. The first-order valence-electron chi connectivity index (χ1n) is 31.0. The van der Waals surface area contributed by atoms with Crippen LogP contribution in [0, 0.1) is 0 Å². The Morgan fingerprint density at radius 2 is 0.733 bits per heavy atom. The van der Waals surface area contributed by atoms with E-state index < -0.39 is 0 Å². The molecule has 9 nitrogen and oxygen atoms in total. The lowest BCUT2D eigenvalue weighted by Gasteiger charge is -2.45. The summed E-state index contributed by atoms with van der Waals surface area (Å²) in [5.74, 6) is 3.86. The molecule has 9 aromatic carbocycles. The third kappa shape index (κ3) is 14.0. The van der Waals surface area contributed by atoms with Crippen molar-refractivity contribution >= 4 is 5.57 Å². The molecular formula is C81H90O9. The summed E-state index contributed by atoms with van der Waals surface area (Å²) in [5.41, 5.74) is 12.8. The molecule has 12 rings (SSSR count). The first-order valence-corrected chi connectivity index (χ1v) is 31.0. The zero-order valence-corrected chi connectivity index (χ0v) is 54.6. The molecule has 9 heteroatoms. The fraction of sp³-hybridized carbons (Fsp3) is 0.309. The number of hydrogen-bond donors (Lipinski definition) is 7. The molecule has 0 amide bonds. The lowest BCUT2D eigenvalue weighted by molar-refractivity contribution is 0.0578. The SMILES string of the molecule is C=C(CC(C)(C)c1ccc(O)cc1)c1ccc(O)cc1.CC1(C)CC(C)(c2ccc(O)cc2)c2cc(C(C)(C)c3ccc(O)cc3)ccc2O1.CC1(C)CC(C)(c2ccc(O)cc2)c2cc(O)ccc21.CC1(C)CC(C)(c2ccc(O)cc2)c2ccccc2O1. The van der Waals surface area contributed by atoms with Crippen LogP contribution in [0.2, 0.25) is 0 Å². The molecule has 7 N–H and O–H groups in total. The summed E-state index contributed by atoms with van der Waals surface area (Å²) in [4.78, 5) is 0. The summed E-state index contributed by atoms with van der Waals surface area (Å²) in [7, 11) is 0. The van der Waals surface area contributed by atoms with Gasteiger partial charge in [0.15, 0.2) is 0 Å². The number of phenolic OH excluding ortho intramolecular Hbond substituents is 7. The van der Waals surface area contributed by atoms with E-state index in [0.717, 1.165) is 70.6 Å². The fourth-order valence-electron chi connectivity index (χ4n) is 14.3. The Kier molecular flexibility index (Phi) is 18.0. The van der Waals surface area contributed by atoms with Gasteiger partial charge in [-0.2, -0.15) is 0 Å². The maximum Gasteiger partial charge on any atom is 0.124 e. The van der Waals surface area contributed by atoms with Gasteiger partial charge in [-0.25, -0.2) is 0 Å². The van der Waals surface area contributed by atoms with Crippen LogP contribution in [0.15, 0.2) is 213 Å². The number of para-hydroxylation sites is 1. The summed E-state index contributed by atoms with van der Waals surface area (Å²) >= 11 is 0. The van der Waals surface area contributed by atoms with Crippen LogP contribution in [0.1, 0.15) is 177 Å². The number of ether oxygens (including phenoxy) is 2. The normalized spacial score (nSPS) is 19.8. The monoisotopic (exact) mass is 1210 g/mol. The number of hydrogen-bond acceptors (Lipinski definition) is 9. The van der Waals surface area contributed by atoms with Gasteiger partial charge >= 0.3 is 0 Å². The highest BCUT2D eigenvalue weighted by molar-refractivity contribution is 5.65. The van der Waals surface area contributed by atoms with Crippen molar-refractivity contribution in [1.29, 1.82) is 0 Å². The van der Waals surface area contributed by atoms with Crippen molar-refractivity contribution in [2.75, 3.05) is 0 Å². The van der Waals surface area contributed by atoms with E-state index >= 15 is 0 Å². The fourth-order valence-corrected chi connectivity index (χ4v) is 14.3. The van der Waals surface area contributed by atoms with E-state index in [1.54, 1.807) is 78.9 Å². The molecule has 3 unspecified atom stereocenters. The van der Waals surface area contributed by atoms with Crippen LogP contribution in [0.5, 0.6) is 51.7 Å². The van der Waals surface area contributed by atoms with E-state index in [1.165, 1.54) is 33.4 Å². The maximum atomic E-state index is 9.85. The second-order valence-corrected chi connectivity index (χ2v) is 28.6. The van der Waals surface area contributed by atoms with Gasteiger partial charge in [-0.1, -0.05) is 178 Å². The molecular weight excluding hydrogens is 1120 g/mol. The second kappa shape index (κ2) is 24.7. The lowest BCUT2D eigenvalue weighted by atomic mass is 9.66. The molecule has 468 valence electrons. The molecule has 0 saturated carbocycles. The van der Waals surface area contributed by atoms with E-state index in [2.05, 4.69) is 127 Å². The molecule has 9 aromatic rings. The van der Waals surface area contributed by atoms with E-state index in [4.69, 9.17) is 9.47 Å². The summed E-state index contributed by atoms with van der Waals surface area (Å²) in [6.45, 7) is 32.6. The number of phenols is 7. The van der Waals surface area contributed by atoms with Gasteiger partial charge < -0.3 is 45.2 Å². The standard InChI is InChI=1S/C27H30O3.3C18H20O2/c1-25(2)17-27(5,19-8-13-22(29)14-9-19)23-16-20(10-15-24(23)30-25)26(3,4)18-6-11-21(28)12-7-18;1-17(2)11-18(3,12-4-6-13(19)7-5-12)16-10-14(20)8-9-15(16)17;1-17(2)12-18(3,13-8-10-14(19)11-9-13)15-6-4-5-7-16(15)20-17;1-13(14-4-8-16(19)9-5-14)12-18(2,3)15-6-10-17(20)11-7-15/h6-16,28-29H,17H2,1-5H3;4-10,19-20H,11H2,1-3H3;4-11,19H,12H2,1-3H3;4-11,19-20H,1,12H2,2-3H3. The molecule has 0 aromatic heterocycles. The van der Waals surface area contributed by atoms with Gasteiger partial charge in [0.2, 0.25) is 0 Å². The van der Waals surface area contributed by atoms with Crippen LogP contribution >= 0.6 is 0 Å². The van der Waals surface area contributed by atoms with Gasteiger partial charge in [-0.3, -0.25) is 0 Å². The Labute approximate surface area is 533 Å². The van der Waals surface area contributed by atoms with E-state index in [1.807, 2.05) is 97.1 Å². The van der Waals surface area contributed by atoms with E-state index in [0.29, 0.717) is 11.5 Å². The summed E-state index contributed by atoms with van der Waals surface area (Å²) in [6.07, 6.45) is 3.54. The van der Waals surface area contributed by atoms with Crippen molar-refractivity contribution in [3.63, 3.8) is 0 Å². The molecule has 3 aliphatic rings. The van der Waals surface area contributed by atoms with Gasteiger partial charge in [0, 0.05) is 45.6 Å². The summed E-state index contributed by atoms with van der Waals surface area (Å²) < 4.78 is 12.5. The molecule has 3 atom stereocenters. The molecule has 0 saturated heterocycles. The Balaban J connectivity index is 0.000000145. The maximum absolute atomic E-state index is 9.85. The first-order chi connectivity index (χ1) is 42.1. The first kappa shape index (κ1) is 65.4. The predicted molar refractivity (Wildman–Crippen MR) is 364 cm³/mol. The molecule has 0 bridgehead atoms. The van der Waals surface area contributed by atoms with Crippen molar-refractivity contribution in [3.8, 4) is 51.7 Å². The molecule has 2 heterocycles. The summed E-state index contributed by atoms with van der Waals surface area (Å²) in [6, 6.07) is 64.8. The van der Waals surface area contributed by atoms with Gasteiger partial charge in [0.05, 0.1) is 0 Å². The van der Waals surface area contributed by atoms with Gasteiger partial charge in [0.25, 0.3) is 0 Å². The van der Waals surface area contributed by atoms with Crippen molar-refractivity contribution < 1.29 is 45.2 Å². The zero-order chi connectivity index (χ0) is 65.4. The van der Waals surface area contributed by atoms with Crippen LogP contribution in [-0.4, -0.2) is 46.9 Å². The predicted octanol–water partition coefficient (Wildman–Crippen LogP) is 19.1. The number of allylic oxidation sites excluding steroid dienone is 1. The van der Waals surface area contributed by atoms with Crippen LogP contribution in [0.25, 0.3) is 5.57 Å². The minimum Gasteiger partial charge on any atom is -0.508 e. The number of rotatable bonds is 9. The Morgan fingerprint density at radius 1 is 0.367 bits per heavy atom. The Bertz CT molecular complexity index is 3970. The van der Waals surface area contributed by atoms with Crippen molar-refractivity contribution in [2.45, 2.75) is 159 Å². The molecule has 0 fully saturated rings. The topological polar surface area (TPSA) is 160 Å². The zero-order valence-electron chi connectivity index (χ0n) is 54.6. The van der Waals surface area contributed by atoms with Crippen molar-refractivity contribution in [1.82, 2.24) is 0 Å². The number of aromatic hydroxyl groups is 7. The third-order valence-electron chi connectivity index (χ3n) is 18.9. The Morgan fingerprint density at radius 3 is 1.20 bits per heavy atom. The van der Waals surface area contributed by atoms with Crippen LogP contribution in [0.4, 0.5) is 0 Å². The molecule has 1 aliphatic carbocycles. The number of benzene rings is 9. The van der Waals surface area contributed by atoms with Gasteiger partial charge in [-0.05, 0) is 204 Å². The van der Waals surface area contributed by atoms with Crippen LogP contribution < -0.4 is 9.47 Å². The van der Waals surface area contributed by atoms with Crippen LogP contribution in [-0.2, 0) is 32.5 Å². The van der Waals surface area contributed by atoms with Gasteiger partial charge in [-0.15, -0.1) is 0 Å².